The minimum Gasteiger partial charge on any atom is -0.451 e. The van der Waals surface area contributed by atoms with Gasteiger partial charge in [0.25, 0.3) is 11.8 Å². The lowest BCUT2D eigenvalue weighted by Gasteiger charge is -2.20. The van der Waals surface area contributed by atoms with Gasteiger partial charge in [0.05, 0.1) is 21.2 Å². The van der Waals surface area contributed by atoms with E-state index in [0.29, 0.717) is 0 Å². The maximum absolute atomic E-state index is 12.7. The van der Waals surface area contributed by atoms with Crippen molar-refractivity contribution in [2.75, 3.05) is 6.54 Å². The summed E-state index contributed by atoms with van der Waals surface area (Å²) < 4.78 is 5.69. The molecule has 0 aromatic heterocycles. The van der Waals surface area contributed by atoms with Gasteiger partial charge in [0.1, 0.15) is 6.54 Å². The molecule has 2 amide bonds. The average molecular weight is 440 g/mol. The Morgan fingerprint density at radius 1 is 0.800 bits per heavy atom. The predicted octanol–water partition coefficient (Wildman–Crippen LogP) is 4.92. The number of nitrogens with zero attached hydrogens (tertiary/aromatic N) is 1. The molecule has 7 heteroatoms. The van der Waals surface area contributed by atoms with Crippen molar-refractivity contribution in [3.63, 3.8) is 0 Å². The number of rotatable bonds is 5. The van der Waals surface area contributed by atoms with Crippen LogP contribution in [0.4, 0.5) is 0 Å². The monoisotopic (exact) mass is 439 g/mol. The first-order chi connectivity index (χ1) is 14.5. The maximum atomic E-state index is 12.7. The summed E-state index contributed by atoms with van der Waals surface area (Å²) in [5, 5.41) is 0.323. The highest BCUT2D eigenvalue weighted by Gasteiger charge is 2.38. The molecule has 150 valence electrons. The first-order valence-electron chi connectivity index (χ1n) is 9.10. The van der Waals surface area contributed by atoms with Crippen molar-refractivity contribution >= 4 is 41.0 Å². The van der Waals surface area contributed by atoms with Crippen LogP contribution in [0.1, 0.15) is 37.9 Å². The molecule has 0 spiro atoms. The molecule has 0 aliphatic carbocycles. The fourth-order valence-electron chi connectivity index (χ4n) is 3.31. The van der Waals surface area contributed by atoms with Gasteiger partial charge in [-0.3, -0.25) is 19.3 Å². The van der Waals surface area contributed by atoms with E-state index >= 15 is 0 Å². The molecule has 1 aliphatic heterocycles. The molecule has 0 atom stereocenters. The van der Waals surface area contributed by atoms with Crippen molar-refractivity contribution in [1.82, 2.24) is 4.90 Å². The molecule has 0 bridgehead atoms. The first kappa shape index (κ1) is 20.1. The van der Waals surface area contributed by atoms with Crippen LogP contribution in [0.2, 0.25) is 10.0 Å². The quantitative estimate of drug-likeness (QED) is 0.417. The third kappa shape index (κ3) is 3.82. The second-order valence-corrected chi connectivity index (χ2v) is 7.51. The van der Waals surface area contributed by atoms with Gasteiger partial charge in [0.2, 0.25) is 0 Å². The zero-order chi connectivity index (χ0) is 21.3. The zero-order valence-corrected chi connectivity index (χ0v) is 17.1. The highest BCUT2D eigenvalue weighted by Crippen LogP contribution is 2.32. The van der Waals surface area contributed by atoms with Crippen molar-refractivity contribution in [3.05, 3.63) is 105 Å². The molecule has 1 aliphatic rings. The molecule has 5 nitrogen and oxygen atoms in total. The SMILES string of the molecule is O=C(CN1C(=O)c2cc(Cl)c(Cl)cc2C1=O)OC(c1ccccc1)c1ccccc1. The number of imide groups is 1. The second kappa shape index (κ2) is 8.30. The van der Waals surface area contributed by atoms with Crippen LogP contribution < -0.4 is 0 Å². The van der Waals surface area contributed by atoms with Gasteiger partial charge in [0, 0.05) is 0 Å². The fourth-order valence-corrected chi connectivity index (χ4v) is 3.64. The molecule has 0 saturated heterocycles. The van der Waals surface area contributed by atoms with Crippen LogP contribution in [-0.2, 0) is 9.53 Å². The summed E-state index contributed by atoms with van der Waals surface area (Å²) >= 11 is 11.9. The highest BCUT2D eigenvalue weighted by atomic mass is 35.5. The van der Waals surface area contributed by atoms with Crippen LogP contribution in [0.15, 0.2) is 72.8 Å². The molecule has 3 aromatic rings. The van der Waals surface area contributed by atoms with Gasteiger partial charge in [-0.15, -0.1) is 0 Å². The zero-order valence-electron chi connectivity index (χ0n) is 15.5. The van der Waals surface area contributed by atoms with Gasteiger partial charge in [-0.05, 0) is 23.3 Å². The van der Waals surface area contributed by atoms with Crippen LogP contribution in [0, 0.1) is 0 Å². The van der Waals surface area contributed by atoms with Crippen molar-refractivity contribution < 1.29 is 19.1 Å². The number of benzene rings is 3. The molecule has 30 heavy (non-hydrogen) atoms. The van der Waals surface area contributed by atoms with Gasteiger partial charge in [-0.2, -0.15) is 0 Å². The lowest BCUT2D eigenvalue weighted by molar-refractivity contribution is -0.147. The van der Waals surface area contributed by atoms with Crippen LogP contribution >= 0.6 is 23.2 Å². The minimum atomic E-state index is -0.709. The Hall–Kier alpha value is -3.15. The van der Waals surface area contributed by atoms with Crippen molar-refractivity contribution in [2.24, 2.45) is 0 Å². The van der Waals surface area contributed by atoms with Crippen LogP contribution in [-0.4, -0.2) is 29.2 Å². The van der Waals surface area contributed by atoms with Gasteiger partial charge < -0.3 is 4.74 Å². The molecular formula is C23H15Cl2NO4. The van der Waals surface area contributed by atoms with Gasteiger partial charge in [-0.1, -0.05) is 83.9 Å². The Morgan fingerprint density at radius 3 is 1.67 bits per heavy atom. The normalized spacial score (nSPS) is 13.0. The molecule has 1 heterocycles. The number of esters is 1. The van der Waals surface area contributed by atoms with E-state index < -0.39 is 30.4 Å². The van der Waals surface area contributed by atoms with E-state index in [2.05, 4.69) is 0 Å². The fraction of sp³-hybridized carbons (Fsp3) is 0.0870. The highest BCUT2D eigenvalue weighted by molar-refractivity contribution is 6.43. The number of amides is 2. The van der Waals surface area contributed by atoms with E-state index in [1.54, 1.807) is 0 Å². The number of halogens is 2. The standard InChI is InChI=1S/C23H15Cl2NO4/c24-18-11-16-17(12-19(18)25)23(29)26(22(16)28)13-20(27)30-21(14-7-3-1-4-8-14)15-9-5-2-6-10-15/h1-12,21H,13H2. The van der Waals surface area contributed by atoms with E-state index in [9.17, 15) is 14.4 Å². The minimum absolute atomic E-state index is 0.116. The first-order valence-corrected chi connectivity index (χ1v) is 9.86. The summed E-state index contributed by atoms with van der Waals surface area (Å²) in [5.41, 5.74) is 1.78. The Balaban J connectivity index is 1.56. The molecule has 3 aromatic carbocycles. The number of hydrogen-bond acceptors (Lipinski definition) is 4. The van der Waals surface area contributed by atoms with Crippen molar-refractivity contribution in [3.8, 4) is 0 Å². The number of carbonyl (C=O) groups excluding carboxylic acids is 3. The predicted molar refractivity (Wildman–Crippen MR) is 113 cm³/mol. The topological polar surface area (TPSA) is 63.7 Å². The Morgan fingerprint density at radius 2 is 1.23 bits per heavy atom. The third-order valence-electron chi connectivity index (χ3n) is 4.75. The average Bonchev–Trinajstić information content (AvgIpc) is 2.98. The molecule has 0 N–H and O–H groups in total. The summed E-state index contributed by atoms with van der Waals surface area (Å²) in [6.07, 6.45) is -0.668. The number of ether oxygens (including phenoxy) is 1. The second-order valence-electron chi connectivity index (χ2n) is 6.70. The maximum Gasteiger partial charge on any atom is 0.327 e. The van der Waals surface area contributed by atoms with Crippen molar-refractivity contribution in [2.45, 2.75) is 6.10 Å². The van der Waals surface area contributed by atoms with E-state index in [1.807, 2.05) is 60.7 Å². The summed E-state index contributed by atoms with van der Waals surface area (Å²) in [5.74, 6) is -1.93. The molecule has 0 unspecified atom stereocenters. The smallest absolute Gasteiger partial charge is 0.327 e. The third-order valence-corrected chi connectivity index (χ3v) is 5.47. The molecule has 0 radical (unpaired) electrons. The molecule has 0 fully saturated rings. The number of fused-ring (bicyclic) bond motifs is 1. The van der Waals surface area contributed by atoms with E-state index in [0.717, 1.165) is 16.0 Å². The lowest BCUT2D eigenvalue weighted by atomic mass is 10.0. The Bertz CT molecular complexity index is 1050. The largest absolute Gasteiger partial charge is 0.451 e. The van der Waals surface area contributed by atoms with Crippen molar-refractivity contribution in [1.29, 1.82) is 0 Å². The summed E-state index contributed by atoms with van der Waals surface area (Å²) in [7, 11) is 0. The van der Waals surface area contributed by atoms with Crippen LogP contribution in [0.25, 0.3) is 0 Å². The van der Waals surface area contributed by atoms with Gasteiger partial charge in [0.15, 0.2) is 6.10 Å². The van der Waals surface area contributed by atoms with Crippen LogP contribution in [0.5, 0.6) is 0 Å². The van der Waals surface area contributed by atoms with Gasteiger partial charge in [-0.25, -0.2) is 0 Å². The van der Waals surface area contributed by atoms with E-state index in [4.69, 9.17) is 27.9 Å². The number of carbonyl (C=O) groups is 3. The van der Waals surface area contributed by atoms with Crippen LogP contribution in [0.3, 0.4) is 0 Å². The lowest BCUT2D eigenvalue weighted by Crippen LogP contribution is -2.36. The van der Waals surface area contributed by atoms with Gasteiger partial charge >= 0.3 is 5.97 Å². The Kier molecular flexibility index (Phi) is 5.57. The van der Waals surface area contributed by atoms with E-state index in [-0.39, 0.29) is 21.2 Å². The Labute approximate surface area is 182 Å². The number of hydrogen-bond donors (Lipinski definition) is 0. The molecule has 4 rings (SSSR count). The molecule has 0 saturated carbocycles. The summed E-state index contributed by atoms with van der Waals surface area (Å²) in [4.78, 5) is 38.8. The van der Waals surface area contributed by atoms with E-state index in [1.165, 1.54) is 12.1 Å². The summed E-state index contributed by atoms with van der Waals surface area (Å²) in [6, 6.07) is 21.1. The summed E-state index contributed by atoms with van der Waals surface area (Å²) in [6.45, 7) is -0.516. The molecular weight excluding hydrogens is 425 g/mol.